The van der Waals surface area contributed by atoms with Crippen molar-refractivity contribution in [2.75, 3.05) is 5.73 Å². The molecule has 0 aliphatic rings. The summed E-state index contributed by atoms with van der Waals surface area (Å²) in [6, 6.07) is 9.86. The van der Waals surface area contributed by atoms with Crippen molar-refractivity contribution >= 4 is 15.5 Å². The van der Waals surface area contributed by atoms with Crippen molar-refractivity contribution in [2.45, 2.75) is 17.6 Å². The van der Waals surface area contributed by atoms with Crippen molar-refractivity contribution in [3.8, 4) is 6.07 Å². The zero-order valence-electron chi connectivity index (χ0n) is 10.9. The molecule has 0 saturated carbocycles. The maximum atomic E-state index is 12.4. The number of anilines is 1. The smallest absolute Gasteiger partial charge is 0.184 e. The number of sulfone groups is 1. The molecule has 0 atom stereocenters. The van der Waals surface area contributed by atoms with E-state index in [0.29, 0.717) is 5.56 Å². The van der Waals surface area contributed by atoms with Gasteiger partial charge < -0.3 is 5.73 Å². The fraction of sp³-hybridized carbons (Fsp3) is 0.143. The molecule has 2 N–H and O–H groups in total. The zero-order valence-corrected chi connectivity index (χ0v) is 11.7. The van der Waals surface area contributed by atoms with E-state index in [4.69, 9.17) is 11.0 Å². The predicted molar refractivity (Wildman–Crippen MR) is 75.4 cm³/mol. The third-order valence-electron chi connectivity index (χ3n) is 2.84. The van der Waals surface area contributed by atoms with E-state index in [1.54, 1.807) is 24.3 Å². The summed E-state index contributed by atoms with van der Waals surface area (Å²) in [6.45, 7) is 1.83. The molecule has 0 aliphatic heterocycles. The van der Waals surface area contributed by atoms with E-state index in [9.17, 15) is 8.42 Å². The number of hydrogen-bond donors (Lipinski definition) is 1. The van der Waals surface area contributed by atoms with Crippen LogP contribution in [0.15, 0.2) is 41.4 Å². The molecule has 0 spiro atoms. The lowest BCUT2D eigenvalue weighted by atomic mass is 10.2. The summed E-state index contributed by atoms with van der Waals surface area (Å²) in [4.78, 5) is 3.93. The molecule has 1 aromatic heterocycles. The van der Waals surface area contributed by atoms with Crippen LogP contribution >= 0.6 is 0 Å². The molecule has 0 radical (unpaired) electrons. The van der Waals surface area contributed by atoms with E-state index in [1.807, 2.05) is 13.0 Å². The Labute approximate surface area is 117 Å². The molecule has 2 aromatic rings. The highest BCUT2D eigenvalue weighted by molar-refractivity contribution is 7.90. The van der Waals surface area contributed by atoms with E-state index >= 15 is 0 Å². The maximum Gasteiger partial charge on any atom is 0.184 e. The number of benzene rings is 1. The Morgan fingerprint density at radius 3 is 2.75 bits per heavy atom. The number of nitrogen functional groups attached to an aromatic ring is 1. The van der Waals surface area contributed by atoms with Gasteiger partial charge in [-0.15, -0.1) is 0 Å². The molecular formula is C14H13N3O2S. The Kier molecular flexibility index (Phi) is 3.72. The molecule has 0 aliphatic carbocycles. The van der Waals surface area contributed by atoms with Gasteiger partial charge in [0.1, 0.15) is 11.8 Å². The van der Waals surface area contributed by atoms with Gasteiger partial charge in [-0.2, -0.15) is 5.26 Å². The van der Waals surface area contributed by atoms with Crippen molar-refractivity contribution in [2.24, 2.45) is 0 Å². The molecule has 6 heteroatoms. The number of nitriles is 1. The van der Waals surface area contributed by atoms with Gasteiger partial charge in [0.25, 0.3) is 0 Å². The van der Waals surface area contributed by atoms with Crippen LogP contribution in [0.1, 0.15) is 16.8 Å². The molecule has 5 nitrogen and oxygen atoms in total. The van der Waals surface area contributed by atoms with Gasteiger partial charge in [-0.05, 0) is 30.7 Å². The molecule has 102 valence electrons. The van der Waals surface area contributed by atoms with Crippen LogP contribution < -0.4 is 5.73 Å². The lowest BCUT2D eigenvalue weighted by Crippen LogP contribution is -2.09. The molecule has 0 unspecified atom stereocenters. The van der Waals surface area contributed by atoms with Crippen LogP contribution in [0.5, 0.6) is 0 Å². The van der Waals surface area contributed by atoms with Gasteiger partial charge in [0, 0.05) is 11.8 Å². The minimum atomic E-state index is -3.61. The average Bonchev–Trinajstić information content (AvgIpc) is 2.38. The SMILES string of the molecule is Cc1ccc(S(=O)(=O)Cc2cccnc2C#N)c(N)c1. The van der Waals surface area contributed by atoms with Gasteiger partial charge in [0.2, 0.25) is 0 Å². The number of aromatic nitrogens is 1. The maximum absolute atomic E-state index is 12.4. The molecule has 1 heterocycles. The molecule has 0 amide bonds. The highest BCUT2D eigenvalue weighted by Crippen LogP contribution is 2.24. The Morgan fingerprint density at radius 2 is 2.10 bits per heavy atom. The van der Waals surface area contributed by atoms with Gasteiger partial charge in [-0.1, -0.05) is 12.1 Å². The first-order valence-electron chi connectivity index (χ1n) is 5.87. The molecule has 0 fully saturated rings. The third kappa shape index (κ3) is 2.78. The summed E-state index contributed by atoms with van der Waals surface area (Å²) in [5.74, 6) is -0.295. The zero-order chi connectivity index (χ0) is 14.8. The highest BCUT2D eigenvalue weighted by atomic mass is 32.2. The van der Waals surface area contributed by atoms with E-state index in [2.05, 4.69) is 4.98 Å². The van der Waals surface area contributed by atoms with Crippen molar-refractivity contribution in [1.29, 1.82) is 5.26 Å². The minimum absolute atomic E-state index is 0.0795. The largest absolute Gasteiger partial charge is 0.398 e. The molecule has 0 bridgehead atoms. The second-order valence-corrected chi connectivity index (χ2v) is 6.38. The van der Waals surface area contributed by atoms with Crippen molar-refractivity contribution in [3.05, 3.63) is 53.3 Å². The van der Waals surface area contributed by atoms with Crippen LogP contribution in [0.4, 0.5) is 5.69 Å². The number of nitrogens with zero attached hydrogens (tertiary/aromatic N) is 2. The summed E-state index contributed by atoms with van der Waals surface area (Å²) >= 11 is 0. The van der Waals surface area contributed by atoms with E-state index < -0.39 is 9.84 Å². The molecule has 20 heavy (non-hydrogen) atoms. The van der Waals surface area contributed by atoms with Crippen LogP contribution in [-0.2, 0) is 15.6 Å². The Balaban J connectivity index is 2.44. The molecule has 0 saturated heterocycles. The summed E-state index contributed by atoms with van der Waals surface area (Å²) in [7, 11) is -3.61. The van der Waals surface area contributed by atoms with Gasteiger partial charge in [0.05, 0.1) is 16.3 Å². The van der Waals surface area contributed by atoms with Gasteiger partial charge in [0.15, 0.2) is 9.84 Å². The first kappa shape index (κ1) is 14.0. The number of hydrogen-bond acceptors (Lipinski definition) is 5. The van der Waals surface area contributed by atoms with E-state index in [1.165, 1.54) is 12.3 Å². The van der Waals surface area contributed by atoms with Crippen LogP contribution in [0.25, 0.3) is 0 Å². The van der Waals surface area contributed by atoms with Crippen LogP contribution in [0.3, 0.4) is 0 Å². The van der Waals surface area contributed by atoms with Crippen molar-refractivity contribution in [1.82, 2.24) is 4.98 Å². The number of aryl methyl sites for hydroxylation is 1. The van der Waals surface area contributed by atoms with Crippen molar-refractivity contribution in [3.63, 3.8) is 0 Å². The standard InChI is InChI=1S/C14H13N3O2S/c1-10-4-5-14(12(16)7-10)20(18,19)9-11-3-2-6-17-13(11)8-15/h2-7H,9,16H2,1H3. The predicted octanol–water partition coefficient (Wildman–Crippen LogP) is 1.82. The average molecular weight is 287 g/mol. The fourth-order valence-corrected chi connectivity index (χ4v) is 3.38. The number of nitrogens with two attached hydrogens (primary N) is 1. The minimum Gasteiger partial charge on any atom is -0.398 e. The summed E-state index contributed by atoms with van der Waals surface area (Å²) < 4.78 is 24.8. The van der Waals surface area contributed by atoms with Crippen LogP contribution in [0.2, 0.25) is 0 Å². The van der Waals surface area contributed by atoms with Gasteiger partial charge in [-0.25, -0.2) is 13.4 Å². The number of rotatable bonds is 3. The second kappa shape index (κ2) is 5.31. The summed E-state index contributed by atoms with van der Waals surface area (Å²) in [6.07, 6.45) is 1.45. The topological polar surface area (TPSA) is 96.8 Å². The third-order valence-corrected chi connectivity index (χ3v) is 4.58. The van der Waals surface area contributed by atoms with Crippen LogP contribution in [-0.4, -0.2) is 13.4 Å². The Morgan fingerprint density at radius 1 is 1.35 bits per heavy atom. The van der Waals surface area contributed by atoms with E-state index in [0.717, 1.165) is 5.56 Å². The van der Waals surface area contributed by atoms with Gasteiger partial charge in [-0.3, -0.25) is 0 Å². The first-order valence-corrected chi connectivity index (χ1v) is 7.52. The molecule has 1 aromatic carbocycles. The number of pyridine rings is 1. The first-order chi connectivity index (χ1) is 9.44. The quantitative estimate of drug-likeness (QED) is 0.868. The van der Waals surface area contributed by atoms with Gasteiger partial charge >= 0.3 is 0 Å². The normalized spacial score (nSPS) is 11.0. The van der Waals surface area contributed by atoms with E-state index in [-0.39, 0.29) is 22.0 Å². The molecule has 2 rings (SSSR count). The van der Waals surface area contributed by atoms with Crippen LogP contribution in [0, 0.1) is 18.3 Å². The Bertz CT molecular complexity index is 792. The summed E-state index contributed by atoms with van der Waals surface area (Å²) in [5.41, 5.74) is 7.36. The Hall–Kier alpha value is -2.39. The highest BCUT2D eigenvalue weighted by Gasteiger charge is 2.20. The summed E-state index contributed by atoms with van der Waals surface area (Å²) in [5, 5.41) is 8.94. The lowest BCUT2D eigenvalue weighted by molar-refractivity contribution is 0.595. The monoisotopic (exact) mass is 287 g/mol. The fourth-order valence-electron chi connectivity index (χ4n) is 1.89. The lowest BCUT2D eigenvalue weighted by Gasteiger charge is -2.09. The molecular weight excluding hydrogens is 274 g/mol. The second-order valence-electron chi connectivity index (χ2n) is 4.42. The van der Waals surface area contributed by atoms with Crippen molar-refractivity contribution < 1.29 is 8.42 Å².